The summed E-state index contributed by atoms with van der Waals surface area (Å²) in [6.07, 6.45) is 2.17. The molecule has 0 spiro atoms. The summed E-state index contributed by atoms with van der Waals surface area (Å²) in [6, 6.07) is 12.3. The molecule has 0 radical (unpaired) electrons. The van der Waals surface area contributed by atoms with Gasteiger partial charge in [-0.25, -0.2) is 4.98 Å². The number of furan rings is 1. The molecule has 13 heteroatoms. The van der Waals surface area contributed by atoms with Crippen molar-refractivity contribution < 1.29 is 33.0 Å². The highest BCUT2D eigenvalue weighted by atomic mass is 32.2. The summed E-state index contributed by atoms with van der Waals surface area (Å²) in [7, 11) is 3.14. The molecule has 1 aliphatic heterocycles. The van der Waals surface area contributed by atoms with E-state index in [4.69, 9.17) is 23.4 Å². The fourth-order valence-corrected chi connectivity index (χ4v) is 5.22. The van der Waals surface area contributed by atoms with Gasteiger partial charge in [0.05, 0.1) is 43.7 Å². The van der Waals surface area contributed by atoms with Gasteiger partial charge in [-0.3, -0.25) is 19.0 Å². The molecular formula is C29H30N4O8S. The molecule has 0 atom stereocenters. The van der Waals surface area contributed by atoms with E-state index >= 15 is 0 Å². The van der Waals surface area contributed by atoms with Gasteiger partial charge in [-0.2, -0.15) is 0 Å². The van der Waals surface area contributed by atoms with Gasteiger partial charge in [0.15, 0.2) is 28.2 Å². The predicted octanol–water partition coefficient (Wildman–Crippen LogP) is 2.89. The molecule has 0 saturated carbocycles. The lowest BCUT2D eigenvalue weighted by Crippen LogP contribution is -2.30. The highest BCUT2D eigenvalue weighted by Gasteiger charge is 2.20. The zero-order chi connectivity index (χ0) is 29.5. The van der Waals surface area contributed by atoms with Gasteiger partial charge in [0.25, 0.3) is 5.56 Å². The topological polar surface area (TPSA) is 143 Å². The fraction of sp³-hybridized carbons (Fsp3) is 0.310. The van der Waals surface area contributed by atoms with Crippen molar-refractivity contribution in [2.45, 2.75) is 31.1 Å². The van der Waals surface area contributed by atoms with Gasteiger partial charge in [-0.1, -0.05) is 17.8 Å². The Morgan fingerprint density at radius 3 is 2.60 bits per heavy atom. The number of nitrogens with zero attached hydrogens (tertiary/aromatic N) is 2. The first-order chi connectivity index (χ1) is 20.4. The van der Waals surface area contributed by atoms with Crippen LogP contribution in [0.5, 0.6) is 23.0 Å². The minimum absolute atomic E-state index is 0.0146. The van der Waals surface area contributed by atoms with Gasteiger partial charge < -0.3 is 34.0 Å². The number of aromatic nitrogens is 2. The Morgan fingerprint density at radius 2 is 1.83 bits per heavy atom. The fourth-order valence-electron chi connectivity index (χ4n) is 4.36. The Balaban J connectivity index is 1.25. The van der Waals surface area contributed by atoms with Crippen molar-refractivity contribution in [1.82, 2.24) is 20.2 Å². The van der Waals surface area contributed by atoms with Crippen molar-refractivity contribution in [2.75, 3.05) is 33.3 Å². The van der Waals surface area contributed by atoms with Crippen LogP contribution in [0.4, 0.5) is 0 Å². The third-order valence-electron chi connectivity index (χ3n) is 6.53. The molecule has 2 aromatic heterocycles. The van der Waals surface area contributed by atoms with Gasteiger partial charge in [-0.15, -0.1) is 0 Å². The van der Waals surface area contributed by atoms with Crippen LogP contribution >= 0.6 is 11.8 Å². The van der Waals surface area contributed by atoms with Crippen LogP contribution in [0.3, 0.4) is 0 Å². The van der Waals surface area contributed by atoms with Crippen molar-refractivity contribution in [3.8, 4) is 23.0 Å². The lowest BCUT2D eigenvalue weighted by atomic mass is 10.1. The molecule has 5 rings (SSSR count). The van der Waals surface area contributed by atoms with Crippen molar-refractivity contribution in [3.05, 3.63) is 70.4 Å². The molecule has 3 heterocycles. The molecule has 4 aromatic rings. The Bertz CT molecular complexity index is 1640. The molecule has 0 fully saturated rings. The van der Waals surface area contributed by atoms with E-state index in [9.17, 15) is 14.4 Å². The number of amides is 2. The maximum Gasteiger partial charge on any atom is 0.262 e. The summed E-state index contributed by atoms with van der Waals surface area (Å²) in [5, 5.41) is 6.32. The summed E-state index contributed by atoms with van der Waals surface area (Å²) < 4.78 is 28.1. The number of hydrogen-bond acceptors (Lipinski definition) is 10. The van der Waals surface area contributed by atoms with Gasteiger partial charge in [0.2, 0.25) is 18.6 Å². The average molecular weight is 595 g/mol. The van der Waals surface area contributed by atoms with Crippen molar-refractivity contribution >= 4 is 34.5 Å². The van der Waals surface area contributed by atoms with Gasteiger partial charge in [-0.05, 0) is 42.3 Å². The number of carbonyl (C=O) groups excluding carboxylic acids is 2. The number of carbonyl (C=O) groups is 2. The van der Waals surface area contributed by atoms with Crippen molar-refractivity contribution in [1.29, 1.82) is 0 Å². The average Bonchev–Trinajstić information content (AvgIpc) is 3.69. The van der Waals surface area contributed by atoms with E-state index in [-0.39, 0.29) is 49.4 Å². The minimum atomic E-state index is -0.338. The van der Waals surface area contributed by atoms with E-state index in [1.807, 2.05) is 18.2 Å². The van der Waals surface area contributed by atoms with Crippen LogP contribution in [0.15, 0.2) is 63.1 Å². The van der Waals surface area contributed by atoms with Crippen LogP contribution in [0.25, 0.3) is 10.9 Å². The number of rotatable bonds is 13. The van der Waals surface area contributed by atoms with Crippen LogP contribution in [-0.2, 0) is 29.1 Å². The Morgan fingerprint density at radius 1 is 1.02 bits per heavy atom. The van der Waals surface area contributed by atoms with Crippen LogP contribution in [0, 0.1) is 0 Å². The molecule has 0 aliphatic carbocycles. The van der Waals surface area contributed by atoms with Crippen LogP contribution in [-0.4, -0.2) is 54.7 Å². The highest BCUT2D eigenvalue weighted by Crippen LogP contribution is 2.35. The number of fused-ring (bicyclic) bond motifs is 2. The molecule has 2 amide bonds. The molecule has 1 aliphatic rings. The Hall–Kier alpha value is -4.65. The van der Waals surface area contributed by atoms with Gasteiger partial charge >= 0.3 is 0 Å². The molecule has 42 heavy (non-hydrogen) atoms. The number of nitrogens with one attached hydrogen (secondary N) is 2. The van der Waals surface area contributed by atoms with E-state index in [0.717, 1.165) is 17.3 Å². The van der Waals surface area contributed by atoms with E-state index in [0.29, 0.717) is 57.8 Å². The standard InChI is InChI=1S/C29H30N4O8S/c1-37-22-6-5-18(12-23(22)38-2)7-9-30-26(34)8-10-33-28(36)20-13-24-25(41-17-40-24)14-21(20)32-29(33)42-16-27(35)31-15-19-4-3-11-39-19/h3-6,11-14H,7-10,15-17H2,1-2H3,(H,30,34)(H,31,35). The zero-order valence-electron chi connectivity index (χ0n) is 23.1. The monoisotopic (exact) mass is 594 g/mol. The van der Waals surface area contributed by atoms with E-state index in [2.05, 4.69) is 15.6 Å². The Kier molecular flexibility index (Phi) is 9.17. The smallest absolute Gasteiger partial charge is 0.262 e. The second-order valence-electron chi connectivity index (χ2n) is 9.26. The molecule has 2 aromatic carbocycles. The van der Waals surface area contributed by atoms with Crippen molar-refractivity contribution in [2.24, 2.45) is 0 Å². The maximum atomic E-state index is 13.5. The second-order valence-corrected chi connectivity index (χ2v) is 10.2. The van der Waals surface area contributed by atoms with Gasteiger partial charge in [0.1, 0.15) is 5.76 Å². The largest absolute Gasteiger partial charge is 0.493 e. The molecule has 2 N–H and O–H groups in total. The van der Waals surface area contributed by atoms with E-state index in [1.54, 1.807) is 38.5 Å². The summed E-state index contributed by atoms with van der Waals surface area (Å²) in [6.45, 7) is 0.785. The Labute approximate surface area is 245 Å². The van der Waals surface area contributed by atoms with Crippen LogP contribution in [0.2, 0.25) is 0 Å². The summed E-state index contributed by atoms with van der Waals surface area (Å²) in [4.78, 5) is 43.4. The number of methoxy groups -OCH3 is 2. The minimum Gasteiger partial charge on any atom is -0.493 e. The maximum absolute atomic E-state index is 13.5. The molecule has 220 valence electrons. The lowest BCUT2D eigenvalue weighted by Gasteiger charge is -2.14. The van der Waals surface area contributed by atoms with Gasteiger partial charge in [0, 0.05) is 25.6 Å². The number of hydrogen-bond donors (Lipinski definition) is 2. The zero-order valence-corrected chi connectivity index (χ0v) is 24.0. The molecule has 0 bridgehead atoms. The number of thioether (sulfide) groups is 1. The number of ether oxygens (including phenoxy) is 4. The summed E-state index contributed by atoms with van der Waals surface area (Å²) >= 11 is 1.11. The second kappa shape index (κ2) is 13.3. The number of benzene rings is 2. The van der Waals surface area contributed by atoms with E-state index in [1.165, 1.54) is 10.8 Å². The molecular weight excluding hydrogens is 564 g/mol. The lowest BCUT2D eigenvalue weighted by molar-refractivity contribution is -0.121. The third-order valence-corrected chi connectivity index (χ3v) is 7.51. The van der Waals surface area contributed by atoms with Crippen LogP contribution in [0.1, 0.15) is 17.7 Å². The molecule has 0 saturated heterocycles. The van der Waals surface area contributed by atoms with E-state index < -0.39 is 0 Å². The molecule has 12 nitrogen and oxygen atoms in total. The summed E-state index contributed by atoms with van der Waals surface area (Å²) in [5.41, 5.74) is 1.05. The quantitative estimate of drug-likeness (QED) is 0.175. The first kappa shape index (κ1) is 28.9. The summed E-state index contributed by atoms with van der Waals surface area (Å²) in [5.74, 6) is 2.37. The normalized spacial score (nSPS) is 11.9. The van der Waals surface area contributed by atoms with Crippen molar-refractivity contribution in [3.63, 3.8) is 0 Å². The molecule has 0 unspecified atom stereocenters. The predicted molar refractivity (Wildman–Crippen MR) is 154 cm³/mol. The van der Waals surface area contributed by atoms with Crippen LogP contribution < -0.4 is 35.1 Å². The first-order valence-corrected chi connectivity index (χ1v) is 14.2. The SMILES string of the molecule is COc1ccc(CCNC(=O)CCn2c(SCC(=O)NCc3ccco3)nc3cc4c(cc3c2=O)OCO4)cc1OC. The first-order valence-electron chi connectivity index (χ1n) is 13.2. The third kappa shape index (κ3) is 6.79. The highest BCUT2D eigenvalue weighted by molar-refractivity contribution is 7.99.